The standard InChI is InChI=1S/C30H43F3N2O3.C2H6.H2O/c1-17-18-6-9-28(5)19-7-11-29(25(37)34-16-30(31,32)33)13-12-26(2,3)15-20(29)24(19)22(36)14-23(28)27(18,4)10-8-21(17)35-38;1-2;/h14,17-20,24,38H,6-13,15-16H2,1-5H3,(H,34,37);1-2H3;1H2/b35-21+;;. The second-order valence-electron chi connectivity index (χ2n) is 14.4. The van der Waals surface area contributed by atoms with E-state index in [2.05, 4.69) is 45.1 Å². The number of ketones is 1. The first-order valence-corrected chi connectivity index (χ1v) is 15.4. The predicted octanol–water partition coefficient (Wildman–Crippen LogP) is 6.90. The number of rotatable bonds is 2. The fourth-order valence-electron chi connectivity index (χ4n) is 9.98. The van der Waals surface area contributed by atoms with E-state index in [0.29, 0.717) is 38.0 Å². The van der Waals surface area contributed by atoms with Crippen molar-refractivity contribution in [3.63, 3.8) is 0 Å². The van der Waals surface area contributed by atoms with Crippen LogP contribution in [0.25, 0.3) is 0 Å². The summed E-state index contributed by atoms with van der Waals surface area (Å²) in [6.07, 6.45) is 4.07. The maximum atomic E-state index is 14.1. The van der Waals surface area contributed by atoms with Crippen molar-refractivity contribution in [2.45, 2.75) is 112 Å². The first-order chi connectivity index (χ1) is 18.6. The Hall–Kier alpha value is -1.90. The minimum absolute atomic E-state index is 0. The van der Waals surface area contributed by atoms with Crippen molar-refractivity contribution in [3.05, 3.63) is 11.6 Å². The zero-order chi connectivity index (χ0) is 29.9. The molecule has 234 valence electrons. The molecular formula is C32H51F3N2O4. The van der Waals surface area contributed by atoms with Crippen molar-refractivity contribution in [1.82, 2.24) is 5.32 Å². The SMILES string of the molecule is CC.CC1/C(=N/O)CCC2(C)C3=CC(=O)C4C(CCC5(C(=O)NCC(F)(F)F)CCC(C)(C)CC45)C3(C)CCC12.O. The molecule has 8 atom stereocenters. The molecule has 6 nitrogen and oxygen atoms in total. The first kappa shape index (κ1) is 33.6. The van der Waals surface area contributed by atoms with Gasteiger partial charge in [0.2, 0.25) is 5.91 Å². The lowest BCUT2D eigenvalue weighted by Crippen LogP contribution is -2.62. The van der Waals surface area contributed by atoms with Crippen LogP contribution in [0.3, 0.4) is 0 Å². The molecule has 0 aromatic carbocycles. The van der Waals surface area contributed by atoms with Gasteiger partial charge in [-0.25, -0.2) is 0 Å². The van der Waals surface area contributed by atoms with E-state index in [-0.39, 0.29) is 51.2 Å². The summed E-state index contributed by atoms with van der Waals surface area (Å²) in [6, 6.07) is 0. The lowest BCUT2D eigenvalue weighted by molar-refractivity contribution is -0.166. The predicted molar refractivity (Wildman–Crippen MR) is 153 cm³/mol. The summed E-state index contributed by atoms with van der Waals surface area (Å²) in [5.41, 5.74) is 0.716. The van der Waals surface area contributed by atoms with Crippen LogP contribution in [0.4, 0.5) is 13.2 Å². The van der Waals surface area contributed by atoms with Gasteiger partial charge in [0.15, 0.2) is 5.78 Å². The highest BCUT2D eigenvalue weighted by atomic mass is 19.4. The Kier molecular flexibility index (Phi) is 9.27. The molecule has 4 N–H and O–H groups in total. The monoisotopic (exact) mass is 584 g/mol. The summed E-state index contributed by atoms with van der Waals surface area (Å²) < 4.78 is 39.1. The van der Waals surface area contributed by atoms with E-state index in [1.807, 2.05) is 19.9 Å². The highest BCUT2D eigenvalue weighted by molar-refractivity contribution is 5.96. The van der Waals surface area contributed by atoms with Gasteiger partial charge in [-0.15, -0.1) is 0 Å². The number of carbonyl (C=O) groups is 2. The normalized spacial score (nSPS) is 42.1. The Morgan fingerprint density at radius 3 is 2.22 bits per heavy atom. The zero-order valence-corrected chi connectivity index (χ0v) is 25.9. The van der Waals surface area contributed by atoms with Gasteiger partial charge in [-0.2, -0.15) is 13.2 Å². The topological polar surface area (TPSA) is 110 Å². The molecule has 0 saturated heterocycles. The van der Waals surface area contributed by atoms with Crippen LogP contribution < -0.4 is 5.32 Å². The van der Waals surface area contributed by atoms with Gasteiger partial charge < -0.3 is 16.0 Å². The Morgan fingerprint density at radius 2 is 1.61 bits per heavy atom. The van der Waals surface area contributed by atoms with Gasteiger partial charge in [0.05, 0.1) is 11.1 Å². The zero-order valence-electron chi connectivity index (χ0n) is 25.9. The Morgan fingerprint density at radius 1 is 1.00 bits per heavy atom. The maximum absolute atomic E-state index is 14.1. The van der Waals surface area contributed by atoms with Crippen LogP contribution in [0.5, 0.6) is 0 Å². The van der Waals surface area contributed by atoms with Crippen LogP contribution in [0, 0.1) is 51.2 Å². The number of halogens is 3. The highest BCUT2D eigenvalue weighted by Crippen LogP contribution is 2.69. The van der Waals surface area contributed by atoms with Gasteiger partial charge >= 0.3 is 6.18 Å². The Balaban J connectivity index is 0.00000151. The Bertz CT molecular complexity index is 1090. The third-order valence-corrected chi connectivity index (χ3v) is 12.0. The molecule has 1 amide bonds. The van der Waals surface area contributed by atoms with E-state index >= 15 is 0 Å². The molecule has 41 heavy (non-hydrogen) atoms. The van der Waals surface area contributed by atoms with Crippen molar-refractivity contribution < 1.29 is 33.4 Å². The van der Waals surface area contributed by atoms with Gasteiger partial charge in [0.1, 0.15) is 6.54 Å². The fourth-order valence-corrected chi connectivity index (χ4v) is 9.98. The minimum Gasteiger partial charge on any atom is -0.412 e. The number of hydrogen-bond donors (Lipinski definition) is 2. The molecule has 0 aliphatic heterocycles. The molecule has 0 bridgehead atoms. The largest absolute Gasteiger partial charge is 0.412 e. The molecule has 8 unspecified atom stereocenters. The number of amides is 1. The fraction of sp³-hybridized carbons (Fsp3) is 0.844. The lowest BCUT2D eigenvalue weighted by atomic mass is 9.39. The van der Waals surface area contributed by atoms with Crippen LogP contribution in [-0.2, 0) is 9.59 Å². The number of carbonyl (C=O) groups excluding carboxylic acids is 2. The number of oxime groups is 1. The molecule has 4 fully saturated rings. The lowest BCUT2D eigenvalue weighted by Gasteiger charge is -2.64. The smallest absolute Gasteiger partial charge is 0.405 e. The van der Waals surface area contributed by atoms with Gasteiger partial charge in [-0.1, -0.05) is 59.2 Å². The second-order valence-corrected chi connectivity index (χ2v) is 14.4. The number of hydrogen-bond acceptors (Lipinski definition) is 4. The van der Waals surface area contributed by atoms with E-state index < -0.39 is 24.0 Å². The van der Waals surface area contributed by atoms with E-state index in [0.717, 1.165) is 31.4 Å². The Labute approximate surface area is 243 Å². The van der Waals surface area contributed by atoms with Crippen LogP contribution in [-0.4, -0.2) is 40.8 Å². The average molecular weight is 585 g/mol. The molecule has 5 aliphatic carbocycles. The van der Waals surface area contributed by atoms with E-state index in [9.17, 15) is 28.0 Å². The van der Waals surface area contributed by atoms with Gasteiger partial charge in [0, 0.05) is 11.8 Å². The van der Waals surface area contributed by atoms with Crippen LogP contribution in [0.2, 0.25) is 0 Å². The van der Waals surface area contributed by atoms with E-state index in [1.54, 1.807) is 0 Å². The van der Waals surface area contributed by atoms with Gasteiger partial charge in [-0.05, 0) is 97.9 Å². The molecule has 0 aromatic rings. The highest BCUT2D eigenvalue weighted by Gasteiger charge is 2.65. The van der Waals surface area contributed by atoms with Crippen molar-refractivity contribution in [3.8, 4) is 0 Å². The molecule has 0 radical (unpaired) electrons. The quantitative estimate of drug-likeness (QED) is 0.272. The van der Waals surface area contributed by atoms with Crippen LogP contribution in [0.15, 0.2) is 16.8 Å². The summed E-state index contributed by atoms with van der Waals surface area (Å²) in [5, 5.41) is 15.4. The summed E-state index contributed by atoms with van der Waals surface area (Å²) in [6.45, 7) is 13.7. The van der Waals surface area contributed by atoms with E-state index in [1.165, 1.54) is 5.57 Å². The second kappa shape index (κ2) is 11.3. The van der Waals surface area contributed by atoms with Crippen molar-refractivity contribution >= 4 is 17.4 Å². The summed E-state index contributed by atoms with van der Waals surface area (Å²) in [5.74, 6) is -0.530. The number of allylic oxidation sites excluding steroid dienone is 2. The van der Waals surface area contributed by atoms with Crippen molar-refractivity contribution in [1.29, 1.82) is 0 Å². The minimum atomic E-state index is -4.47. The molecule has 4 saturated carbocycles. The van der Waals surface area contributed by atoms with Gasteiger partial charge in [-0.3, -0.25) is 9.59 Å². The number of nitrogens with one attached hydrogen (secondary N) is 1. The third-order valence-electron chi connectivity index (χ3n) is 12.0. The maximum Gasteiger partial charge on any atom is 0.405 e. The molecular weight excluding hydrogens is 533 g/mol. The van der Waals surface area contributed by atoms with E-state index in [4.69, 9.17) is 0 Å². The molecule has 5 aliphatic rings. The number of alkyl halides is 3. The van der Waals surface area contributed by atoms with Crippen molar-refractivity contribution in [2.24, 2.45) is 56.4 Å². The molecule has 0 aromatic heterocycles. The number of fused-ring (bicyclic) bond motifs is 7. The summed E-state index contributed by atoms with van der Waals surface area (Å²) in [7, 11) is 0. The number of nitrogens with zero attached hydrogens (tertiary/aromatic N) is 1. The van der Waals surface area contributed by atoms with Gasteiger partial charge in [0.25, 0.3) is 0 Å². The summed E-state index contributed by atoms with van der Waals surface area (Å²) >= 11 is 0. The third kappa shape index (κ3) is 5.38. The molecule has 0 spiro atoms. The molecule has 5 rings (SSSR count). The van der Waals surface area contributed by atoms with Crippen molar-refractivity contribution in [2.75, 3.05) is 6.54 Å². The average Bonchev–Trinajstić information content (AvgIpc) is 2.88. The molecule has 0 heterocycles. The van der Waals surface area contributed by atoms with Crippen LogP contribution in [0.1, 0.15) is 106 Å². The van der Waals surface area contributed by atoms with Crippen LogP contribution >= 0.6 is 0 Å². The molecule has 9 heteroatoms. The summed E-state index contributed by atoms with van der Waals surface area (Å²) in [4.78, 5) is 27.7. The first-order valence-electron chi connectivity index (χ1n) is 15.4.